The first-order valence-corrected chi connectivity index (χ1v) is 8.44. The van der Waals surface area contributed by atoms with Crippen LogP contribution in [0.5, 0.6) is 0 Å². The average molecular weight is 283 g/mol. The van der Waals surface area contributed by atoms with Crippen LogP contribution >= 0.6 is 0 Å². The molecule has 1 saturated heterocycles. The second-order valence-corrected chi connectivity index (χ2v) is 6.93. The van der Waals surface area contributed by atoms with Crippen LogP contribution in [0.25, 0.3) is 10.9 Å². The molecule has 3 heteroatoms. The number of hydrogen-bond donors (Lipinski definition) is 1. The van der Waals surface area contributed by atoms with E-state index < -0.39 is 0 Å². The highest BCUT2D eigenvalue weighted by atomic mass is 15.3. The fourth-order valence-electron chi connectivity index (χ4n) is 4.17. The van der Waals surface area contributed by atoms with Gasteiger partial charge in [0.05, 0.1) is 11.2 Å². The Balaban J connectivity index is 1.71. The standard InChI is InChI=1S/C18H25N3/c1-21-17-8-4-3-7-15(17)16(20-21)13-18(14-9-10-14)11-5-2-6-12-19-18/h3-4,7-8,14,19H,2,5-6,9-13H2,1H3. The molecule has 1 N–H and O–H groups in total. The summed E-state index contributed by atoms with van der Waals surface area (Å²) in [4.78, 5) is 0. The van der Waals surface area contributed by atoms with Gasteiger partial charge < -0.3 is 5.32 Å². The van der Waals surface area contributed by atoms with Crippen molar-refractivity contribution in [2.24, 2.45) is 13.0 Å². The van der Waals surface area contributed by atoms with Gasteiger partial charge in [-0.25, -0.2) is 0 Å². The highest BCUT2D eigenvalue weighted by molar-refractivity contribution is 5.82. The van der Waals surface area contributed by atoms with Crippen LogP contribution in [0.15, 0.2) is 24.3 Å². The molecule has 1 aromatic carbocycles. The van der Waals surface area contributed by atoms with Gasteiger partial charge in [-0.3, -0.25) is 4.68 Å². The summed E-state index contributed by atoms with van der Waals surface area (Å²) in [5, 5.41) is 10.1. The number of hydrogen-bond acceptors (Lipinski definition) is 2. The molecule has 0 bridgehead atoms. The van der Waals surface area contributed by atoms with Crippen molar-refractivity contribution in [1.82, 2.24) is 15.1 Å². The molecule has 3 nitrogen and oxygen atoms in total. The molecule has 1 aromatic heterocycles. The van der Waals surface area contributed by atoms with Gasteiger partial charge in [0.25, 0.3) is 0 Å². The van der Waals surface area contributed by atoms with Crippen LogP contribution in [0.1, 0.15) is 44.2 Å². The van der Waals surface area contributed by atoms with Gasteiger partial charge >= 0.3 is 0 Å². The highest BCUT2D eigenvalue weighted by Gasteiger charge is 2.45. The molecule has 2 fully saturated rings. The summed E-state index contributed by atoms with van der Waals surface area (Å²) in [7, 11) is 2.07. The van der Waals surface area contributed by atoms with E-state index in [2.05, 4.69) is 36.6 Å². The largest absolute Gasteiger partial charge is 0.311 e. The van der Waals surface area contributed by atoms with Gasteiger partial charge in [0.1, 0.15) is 0 Å². The molecule has 1 aliphatic carbocycles. The van der Waals surface area contributed by atoms with Crippen LogP contribution in [0, 0.1) is 5.92 Å². The summed E-state index contributed by atoms with van der Waals surface area (Å²) in [5.41, 5.74) is 2.86. The van der Waals surface area contributed by atoms with Crippen molar-refractivity contribution < 1.29 is 0 Å². The number of aromatic nitrogens is 2. The third kappa shape index (κ3) is 2.38. The van der Waals surface area contributed by atoms with Crippen molar-refractivity contribution in [3.63, 3.8) is 0 Å². The SMILES string of the molecule is Cn1nc(CC2(C3CC3)CCCCCN2)c2ccccc21. The predicted octanol–water partition coefficient (Wildman–Crippen LogP) is 3.43. The van der Waals surface area contributed by atoms with E-state index in [1.807, 2.05) is 4.68 Å². The van der Waals surface area contributed by atoms with Crippen molar-refractivity contribution in [2.45, 2.75) is 50.5 Å². The summed E-state index contributed by atoms with van der Waals surface area (Å²) in [6.07, 6.45) is 9.30. The summed E-state index contributed by atoms with van der Waals surface area (Å²) >= 11 is 0. The third-order valence-electron chi connectivity index (χ3n) is 5.45. The molecule has 2 aliphatic rings. The Kier molecular flexibility index (Phi) is 3.26. The highest BCUT2D eigenvalue weighted by Crippen LogP contribution is 2.45. The molecule has 0 radical (unpaired) electrons. The topological polar surface area (TPSA) is 29.9 Å². The monoisotopic (exact) mass is 283 g/mol. The molecular weight excluding hydrogens is 258 g/mol. The maximum atomic E-state index is 4.85. The molecule has 112 valence electrons. The van der Waals surface area contributed by atoms with Crippen LogP contribution in [-0.2, 0) is 13.5 Å². The van der Waals surface area contributed by atoms with Gasteiger partial charge in [0.2, 0.25) is 0 Å². The Labute approximate surface area is 126 Å². The number of benzene rings is 1. The smallest absolute Gasteiger partial charge is 0.0721 e. The molecule has 1 unspecified atom stereocenters. The van der Waals surface area contributed by atoms with Crippen molar-refractivity contribution >= 4 is 10.9 Å². The first-order chi connectivity index (χ1) is 10.3. The van der Waals surface area contributed by atoms with E-state index in [0.717, 1.165) is 12.3 Å². The first kappa shape index (κ1) is 13.3. The molecule has 1 atom stereocenters. The van der Waals surface area contributed by atoms with Gasteiger partial charge in [0, 0.05) is 24.4 Å². The van der Waals surface area contributed by atoms with E-state index in [1.54, 1.807) is 0 Å². The van der Waals surface area contributed by atoms with Crippen molar-refractivity contribution in [2.75, 3.05) is 6.54 Å². The minimum atomic E-state index is 0.313. The zero-order valence-corrected chi connectivity index (χ0v) is 12.9. The van der Waals surface area contributed by atoms with E-state index in [9.17, 15) is 0 Å². The Morgan fingerprint density at radius 3 is 2.95 bits per heavy atom. The lowest BCUT2D eigenvalue weighted by Crippen LogP contribution is -2.48. The summed E-state index contributed by atoms with van der Waals surface area (Å²) in [6.45, 7) is 1.18. The van der Waals surface area contributed by atoms with Gasteiger partial charge in [-0.2, -0.15) is 5.10 Å². The predicted molar refractivity (Wildman–Crippen MR) is 86.3 cm³/mol. The number of para-hydroxylation sites is 1. The summed E-state index contributed by atoms with van der Waals surface area (Å²) in [5.74, 6) is 0.872. The van der Waals surface area contributed by atoms with Crippen LogP contribution in [0.2, 0.25) is 0 Å². The Hall–Kier alpha value is -1.35. The number of nitrogens with zero attached hydrogens (tertiary/aromatic N) is 2. The summed E-state index contributed by atoms with van der Waals surface area (Å²) in [6, 6.07) is 8.65. The Morgan fingerprint density at radius 1 is 1.24 bits per heavy atom. The Bertz CT molecular complexity index is 631. The second kappa shape index (κ2) is 5.13. The molecule has 1 saturated carbocycles. The molecule has 4 rings (SSSR count). The van der Waals surface area contributed by atoms with E-state index in [-0.39, 0.29) is 0 Å². The number of aryl methyl sites for hydroxylation is 1. The van der Waals surface area contributed by atoms with Crippen LogP contribution in [0.3, 0.4) is 0 Å². The molecule has 1 aliphatic heterocycles. The van der Waals surface area contributed by atoms with Crippen molar-refractivity contribution in [1.29, 1.82) is 0 Å². The summed E-state index contributed by atoms with van der Waals surface area (Å²) < 4.78 is 2.04. The fraction of sp³-hybridized carbons (Fsp3) is 0.611. The zero-order chi connectivity index (χ0) is 14.3. The van der Waals surface area contributed by atoms with E-state index >= 15 is 0 Å². The maximum Gasteiger partial charge on any atom is 0.0721 e. The molecular formula is C18H25N3. The van der Waals surface area contributed by atoms with Gasteiger partial charge in [-0.1, -0.05) is 31.0 Å². The van der Waals surface area contributed by atoms with E-state index in [4.69, 9.17) is 5.10 Å². The molecule has 2 heterocycles. The molecule has 0 amide bonds. The molecule has 21 heavy (non-hydrogen) atoms. The minimum Gasteiger partial charge on any atom is -0.311 e. The average Bonchev–Trinajstić information content (AvgIpc) is 3.31. The number of fused-ring (bicyclic) bond motifs is 1. The van der Waals surface area contributed by atoms with Gasteiger partial charge in [-0.15, -0.1) is 0 Å². The van der Waals surface area contributed by atoms with E-state index in [1.165, 1.54) is 61.7 Å². The first-order valence-electron chi connectivity index (χ1n) is 8.44. The van der Waals surface area contributed by atoms with E-state index in [0.29, 0.717) is 5.54 Å². The number of rotatable bonds is 3. The van der Waals surface area contributed by atoms with Crippen LogP contribution in [0.4, 0.5) is 0 Å². The van der Waals surface area contributed by atoms with Gasteiger partial charge in [0.15, 0.2) is 0 Å². The van der Waals surface area contributed by atoms with Gasteiger partial charge in [-0.05, 0) is 44.2 Å². The van der Waals surface area contributed by atoms with Crippen molar-refractivity contribution in [3.8, 4) is 0 Å². The van der Waals surface area contributed by atoms with Crippen LogP contribution in [-0.4, -0.2) is 21.9 Å². The third-order valence-corrected chi connectivity index (χ3v) is 5.45. The lowest BCUT2D eigenvalue weighted by Gasteiger charge is -2.34. The molecule has 2 aromatic rings. The van der Waals surface area contributed by atoms with Crippen molar-refractivity contribution in [3.05, 3.63) is 30.0 Å². The fourth-order valence-corrected chi connectivity index (χ4v) is 4.17. The zero-order valence-electron chi connectivity index (χ0n) is 12.9. The second-order valence-electron chi connectivity index (χ2n) is 6.93. The maximum absolute atomic E-state index is 4.85. The van der Waals surface area contributed by atoms with Crippen LogP contribution < -0.4 is 5.32 Å². The lowest BCUT2D eigenvalue weighted by molar-refractivity contribution is 0.269. The lowest BCUT2D eigenvalue weighted by atomic mass is 9.83. The number of nitrogens with one attached hydrogen (secondary N) is 1. The molecule has 0 spiro atoms. The quantitative estimate of drug-likeness (QED) is 0.935. The Morgan fingerprint density at radius 2 is 2.10 bits per heavy atom. The normalized spacial score (nSPS) is 26.9. The minimum absolute atomic E-state index is 0.313.